The van der Waals surface area contributed by atoms with E-state index in [1.807, 2.05) is 0 Å². The normalized spacial score (nSPS) is 11.3. The maximum Gasteiger partial charge on any atom is 0.229 e. The molecule has 0 atom stereocenters. The largest absolute Gasteiger partial charge is 0.447 e. The van der Waals surface area contributed by atoms with E-state index in [1.54, 1.807) is 6.20 Å². The van der Waals surface area contributed by atoms with E-state index in [-0.39, 0.29) is 5.69 Å². The number of hydrogen-bond donors (Lipinski definition) is 2. The van der Waals surface area contributed by atoms with Gasteiger partial charge in [-0.15, -0.1) is 0 Å². The Bertz CT molecular complexity index is 656. The van der Waals surface area contributed by atoms with Crippen LogP contribution in [0.2, 0.25) is 0 Å². The molecule has 0 aliphatic heterocycles. The van der Waals surface area contributed by atoms with Crippen molar-refractivity contribution in [3.05, 3.63) is 42.4 Å². The molecule has 1 heterocycles. The summed E-state index contributed by atoms with van der Waals surface area (Å²) >= 11 is 0. The average molecular weight is 285 g/mol. The highest BCUT2D eigenvalue weighted by Crippen LogP contribution is 2.21. The van der Waals surface area contributed by atoms with Crippen molar-refractivity contribution in [2.75, 3.05) is 16.3 Å². The molecule has 0 saturated carbocycles. The number of hydrogen-bond acceptors (Lipinski definition) is 5. The van der Waals surface area contributed by atoms with Crippen molar-refractivity contribution in [3.63, 3.8) is 0 Å². The van der Waals surface area contributed by atoms with Crippen LogP contribution in [0.5, 0.6) is 0 Å². The third-order valence-electron chi connectivity index (χ3n) is 2.21. The Morgan fingerprint density at radius 3 is 2.84 bits per heavy atom. The number of anilines is 2. The number of halogens is 1. The molecule has 0 aliphatic rings. The molecule has 0 fully saturated rings. The van der Waals surface area contributed by atoms with Gasteiger partial charge in [-0.3, -0.25) is 4.72 Å². The minimum atomic E-state index is -3.52. The van der Waals surface area contributed by atoms with E-state index in [2.05, 4.69) is 15.0 Å². The summed E-state index contributed by atoms with van der Waals surface area (Å²) < 4.78 is 42.7. The van der Waals surface area contributed by atoms with Crippen molar-refractivity contribution in [3.8, 4) is 0 Å². The van der Waals surface area contributed by atoms with Gasteiger partial charge in [0.25, 0.3) is 0 Å². The summed E-state index contributed by atoms with van der Waals surface area (Å²) in [5.74, 6) is -0.0300. The topological polar surface area (TPSA) is 84.2 Å². The summed E-state index contributed by atoms with van der Waals surface area (Å²) in [5.41, 5.74) is 0.453. The zero-order valence-electron chi connectivity index (χ0n) is 10.1. The molecule has 2 rings (SSSR count). The van der Waals surface area contributed by atoms with Gasteiger partial charge in [-0.1, -0.05) is 0 Å². The summed E-state index contributed by atoms with van der Waals surface area (Å²) in [6.45, 7) is 0.365. The molecule has 0 unspecified atom stereocenters. The summed E-state index contributed by atoms with van der Waals surface area (Å²) in [5, 5.41) is 2.97. The van der Waals surface area contributed by atoms with Crippen LogP contribution in [0, 0.1) is 5.82 Å². The fraction of sp³-hybridized carbons (Fsp3) is 0.182. The second-order valence-electron chi connectivity index (χ2n) is 3.89. The van der Waals surface area contributed by atoms with E-state index >= 15 is 0 Å². The maximum atomic E-state index is 13.4. The van der Waals surface area contributed by atoms with Crippen LogP contribution in [0.15, 0.2) is 35.2 Å². The number of benzene rings is 1. The SMILES string of the molecule is CS(=O)(=O)Nc1cc(NCc2cnco2)ccc1F. The first-order chi connectivity index (χ1) is 8.94. The van der Waals surface area contributed by atoms with Crippen LogP contribution in [0.25, 0.3) is 0 Å². The number of nitrogens with zero attached hydrogens (tertiary/aromatic N) is 1. The molecule has 1 aromatic heterocycles. The molecule has 0 bridgehead atoms. The second-order valence-corrected chi connectivity index (χ2v) is 5.64. The first-order valence-corrected chi connectivity index (χ1v) is 7.22. The van der Waals surface area contributed by atoms with Crippen LogP contribution in [-0.4, -0.2) is 19.7 Å². The Kier molecular flexibility index (Phi) is 3.70. The molecule has 8 heteroatoms. The highest BCUT2D eigenvalue weighted by atomic mass is 32.2. The van der Waals surface area contributed by atoms with Crippen molar-refractivity contribution in [1.82, 2.24) is 4.98 Å². The quantitative estimate of drug-likeness (QED) is 0.875. The number of aromatic nitrogens is 1. The van der Waals surface area contributed by atoms with Crippen molar-refractivity contribution >= 4 is 21.4 Å². The highest BCUT2D eigenvalue weighted by molar-refractivity contribution is 7.92. The molecule has 1 aromatic carbocycles. The fourth-order valence-corrected chi connectivity index (χ4v) is 1.99. The van der Waals surface area contributed by atoms with Gasteiger partial charge in [-0.2, -0.15) is 0 Å². The lowest BCUT2D eigenvalue weighted by molar-refractivity contribution is 0.511. The predicted molar refractivity (Wildman–Crippen MR) is 68.7 cm³/mol. The maximum absolute atomic E-state index is 13.4. The summed E-state index contributed by atoms with van der Waals surface area (Å²) in [6, 6.07) is 4.04. The zero-order valence-corrected chi connectivity index (χ0v) is 10.9. The number of sulfonamides is 1. The van der Waals surface area contributed by atoms with Crippen LogP contribution in [-0.2, 0) is 16.6 Å². The molecule has 19 heavy (non-hydrogen) atoms. The molecule has 0 radical (unpaired) electrons. The van der Waals surface area contributed by atoms with Gasteiger partial charge >= 0.3 is 0 Å². The summed E-state index contributed by atoms with van der Waals surface area (Å²) in [6.07, 6.45) is 3.81. The molecule has 0 saturated heterocycles. The average Bonchev–Trinajstić information content (AvgIpc) is 2.81. The van der Waals surface area contributed by atoms with Gasteiger partial charge in [0.15, 0.2) is 6.39 Å². The summed E-state index contributed by atoms with van der Waals surface area (Å²) in [4.78, 5) is 3.76. The van der Waals surface area contributed by atoms with Gasteiger partial charge in [-0.25, -0.2) is 17.8 Å². The van der Waals surface area contributed by atoms with E-state index in [1.165, 1.54) is 24.6 Å². The van der Waals surface area contributed by atoms with E-state index in [0.29, 0.717) is 18.0 Å². The van der Waals surface area contributed by atoms with Gasteiger partial charge < -0.3 is 9.73 Å². The molecular weight excluding hydrogens is 273 g/mol. The molecule has 6 nitrogen and oxygen atoms in total. The van der Waals surface area contributed by atoms with Gasteiger partial charge in [0.1, 0.15) is 11.6 Å². The fourth-order valence-electron chi connectivity index (χ4n) is 1.43. The number of rotatable bonds is 5. The smallest absolute Gasteiger partial charge is 0.229 e. The standard InChI is InChI=1S/C11H12FN3O3S/c1-19(16,17)15-11-4-8(2-3-10(11)12)14-6-9-5-13-7-18-9/h2-5,7,14-15H,6H2,1H3. The van der Waals surface area contributed by atoms with E-state index in [0.717, 1.165) is 6.26 Å². The molecule has 0 amide bonds. The van der Waals surface area contributed by atoms with E-state index in [4.69, 9.17) is 4.42 Å². The third-order valence-corrected chi connectivity index (χ3v) is 2.80. The van der Waals surface area contributed by atoms with E-state index < -0.39 is 15.8 Å². The molecular formula is C11H12FN3O3S. The van der Waals surface area contributed by atoms with Crippen molar-refractivity contribution in [2.45, 2.75) is 6.54 Å². The Morgan fingerprint density at radius 1 is 1.42 bits per heavy atom. The third kappa shape index (κ3) is 3.95. The van der Waals surface area contributed by atoms with Gasteiger partial charge in [0.2, 0.25) is 10.0 Å². The summed E-state index contributed by atoms with van der Waals surface area (Å²) in [7, 11) is -3.52. The molecule has 0 aliphatic carbocycles. The van der Waals surface area contributed by atoms with Crippen LogP contribution < -0.4 is 10.0 Å². The van der Waals surface area contributed by atoms with Gasteiger partial charge in [0, 0.05) is 5.69 Å². The van der Waals surface area contributed by atoms with E-state index in [9.17, 15) is 12.8 Å². The Hall–Kier alpha value is -2.09. The van der Waals surface area contributed by atoms with Crippen molar-refractivity contribution < 1.29 is 17.2 Å². The van der Waals surface area contributed by atoms with Crippen molar-refractivity contribution in [1.29, 1.82) is 0 Å². The van der Waals surface area contributed by atoms with Gasteiger partial charge in [-0.05, 0) is 18.2 Å². The number of nitrogens with one attached hydrogen (secondary N) is 2. The van der Waals surface area contributed by atoms with Gasteiger partial charge in [0.05, 0.1) is 24.7 Å². The number of oxazole rings is 1. The molecule has 102 valence electrons. The molecule has 2 N–H and O–H groups in total. The Labute approximate surface area is 109 Å². The minimum absolute atomic E-state index is 0.106. The van der Waals surface area contributed by atoms with Crippen LogP contribution in [0.3, 0.4) is 0 Å². The Morgan fingerprint density at radius 2 is 2.21 bits per heavy atom. The highest BCUT2D eigenvalue weighted by Gasteiger charge is 2.08. The molecule has 2 aromatic rings. The lowest BCUT2D eigenvalue weighted by Gasteiger charge is -2.09. The second kappa shape index (κ2) is 5.27. The molecule has 0 spiro atoms. The predicted octanol–water partition coefficient (Wildman–Crippen LogP) is 1.80. The monoisotopic (exact) mass is 285 g/mol. The first kappa shape index (κ1) is 13.3. The Balaban J connectivity index is 2.12. The zero-order chi connectivity index (χ0) is 13.9. The first-order valence-electron chi connectivity index (χ1n) is 5.32. The van der Waals surface area contributed by atoms with Crippen LogP contribution >= 0.6 is 0 Å². The van der Waals surface area contributed by atoms with Crippen LogP contribution in [0.4, 0.5) is 15.8 Å². The lowest BCUT2D eigenvalue weighted by Crippen LogP contribution is -2.11. The van der Waals surface area contributed by atoms with Crippen LogP contribution in [0.1, 0.15) is 5.76 Å². The van der Waals surface area contributed by atoms with Crippen molar-refractivity contribution in [2.24, 2.45) is 0 Å². The lowest BCUT2D eigenvalue weighted by atomic mass is 10.2. The minimum Gasteiger partial charge on any atom is -0.447 e.